The van der Waals surface area contributed by atoms with E-state index in [-0.39, 0.29) is 24.1 Å². The van der Waals surface area contributed by atoms with Gasteiger partial charge in [0.25, 0.3) is 17.5 Å². The Morgan fingerprint density at radius 2 is 1.77 bits per heavy atom. The average molecular weight is 361 g/mol. The molecule has 0 aliphatic carbocycles. The number of carbonyl (C=O) groups excluding carboxylic acids is 2. The van der Waals surface area contributed by atoms with Crippen LogP contribution in [0.15, 0.2) is 30.4 Å². The molecule has 0 spiro atoms. The van der Waals surface area contributed by atoms with Crippen molar-refractivity contribution >= 4 is 17.5 Å². The van der Waals surface area contributed by atoms with Gasteiger partial charge in [0.2, 0.25) is 0 Å². The number of nitrogens with one attached hydrogen (secondary N) is 1. The summed E-state index contributed by atoms with van der Waals surface area (Å²) in [4.78, 5) is 34.5. The van der Waals surface area contributed by atoms with E-state index in [9.17, 15) is 19.7 Å². The summed E-state index contributed by atoms with van der Waals surface area (Å²) in [7, 11) is 0. The SMILES string of the molecule is O=C1C=CC(=O)N1CCCCCCNCc1ccc(CO)c([N+](=O)[O-])c1. The fraction of sp³-hybridized carbons (Fsp3) is 0.444. The molecule has 0 atom stereocenters. The molecule has 8 heteroatoms. The Morgan fingerprint density at radius 3 is 2.42 bits per heavy atom. The predicted molar refractivity (Wildman–Crippen MR) is 95.1 cm³/mol. The van der Waals surface area contributed by atoms with Gasteiger partial charge in [-0.25, -0.2) is 0 Å². The molecule has 1 aliphatic rings. The Labute approximate surface area is 151 Å². The highest BCUT2D eigenvalue weighted by Gasteiger charge is 2.22. The first-order valence-electron chi connectivity index (χ1n) is 8.64. The van der Waals surface area contributed by atoms with Crippen LogP contribution in [0.5, 0.6) is 0 Å². The maximum absolute atomic E-state index is 11.4. The number of nitrogens with zero attached hydrogens (tertiary/aromatic N) is 2. The minimum absolute atomic E-state index is 0.0627. The number of unbranched alkanes of at least 4 members (excludes halogenated alkanes) is 3. The summed E-state index contributed by atoms with van der Waals surface area (Å²) in [5.74, 6) is -0.476. The molecule has 2 rings (SSSR count). The lowest BCUT2D eigenvalue weighted by molar-refractivity contribution is -0.385. The second-order valence-corrected chi connectivity index (χ2v) is 6.13. The molecule has 140 valence electrons. The highest BCUT2D eigenvalue weighted by atomic mass is 16.6. The first kappa shape index (κ1) is 19.7. The Morgan fingerprint density at radius 1 is 1.08 bits per heavy atom. The summed E-state index contributed by atoms with van der Waals surface area (Å²) < 4.78 is 0. The van der Waals surface area contributed by atoms with Crippen molar-refractivity contribution in [3.8, 4) is 0 Å². The molecule has 1 aromatic carbocycles. The zero-order chi connectivity index (χ0) is 18.9. The van der Waals surface area contributed by atoms with Crippen LogP contribution in [0.1, 0.15) is 36.8 Å². The van der Waals surface area contributed by atoms with Gasteiger partial charge in [-0.1, -0.05) is 18.9 Å². The second-order valence-electron chi connectivity index (χ2n) is 6.13. The molecule has 1 heterocycles. The number of hydrogen-bond donors (Lipinski definition) is 2. The third-order valence-corrected chi connectivity index (χ3v) is 4.23. The van der Waals surface area contributed by atoms with Crippen LogP contribution in [0.4, 0.5) is 5.69 Å². The fourth-order valence-electron chi connectivity index (χ4n) is 2.78. The van der Waals surface area contributed by atoms with Gasteiger partial charge in [-0.3, -0.25) is 24.6 Å². The highest BCUT2D eigenvalue weighted by molar-refractivity contribution is 6.12. The fourth-order valence-corrected chi connectivity index (χ4v) is 2.78. The molecule has 0 aromatic heterocycles. The largest absolute Gasteiger partial charge is 0.391 e. The number of amides is 2. The minimum atomic E-state index is -0.486. The summed E-state index contributed by atoms with van der Waals surface area (Å²) in [6, 6.07) is 4.82. The smallest absolute Gasteiger partial charge is 0.275 e. The summed E-state index contributed by atoms with van der Waals surface area (Å²) in [6.07, 6.45) is 6.22. The first-order valence-corrected chi connectivity index (χ1v) is 8.64. The molecule has 1 aliphatic heterocycles. The maximum Gasteiger partial charge on any atom is 0.275 e. The van der Waals surface area contributed by atoms with Gasteiger partial charge in [-0.15, -0.1) is 0 Å². The Balaban J connectivity index is 1.59. The molecule has 0 unspecified atom stereocenters. The molecular weight excluding hydrogens is 338 g/mol. The van der Waals surface area contributed by atoms with Crippen LogP contribution in [0.3, 0.4) is 0 Å². The van der Waals surface area contributed by atoms with Crippen molar-refractivity contribution in [3.05, 3.63) is 51.6 Å². The third kappa shape index (κ3) is 5.47. The molecule has 0 saturated carbocycles. The number of rotatable bonds is 11. The lowest BCUT2D eigenvalue weighted by atomic mass is 10.1. The van der Waals surface area contributed by atoms with Crippen molar-refractivity contribution < 1.29 is 19.6 Å². The van der Waals surface area contributed by atoms with Gasteiger partial charge in [-0.2, -0.15) is 0 Å². The molecule has 0 saturated heterocycles. The Kier molecular flexibility index (Phi) is 7.43. The quantitative estimate of drug-likeness (QED) is 0.268. The van der Waals surface area contributed by atoms with Gasteiger partial charge in [0.15, 0.2) is 0 Å². The number of carbonyl (C=O) groups is 2. The summed E-state index contributed by atoms with van der Waals surface area (Å²) in [6.45, 7) is 1.40. The van der Waals surface area contributed by atoms with Crippen molar-refractivity contribution in [2.24, 2.45) is 0 Å². The monoisotopic (exact) mass is 361 g/mol. The number of aliphatic hydroxyl groups is 1. The lowest BCUT2D eigenvalue weighted by Crippen LogP contribution is -2.30. The van der Waals surface area contributed by atoms with E-state index >= 15 is 0 Å². The van der Waals surface area contributed by atoms with Gasteiger partial charge in [0, 0.05) is 31.3 Å². The molecular formula is C18H23N3O5. The van der Waals surface area contributed by atoms with Gasteiger partial charge in [0.1, 0.15) is 0 Å². The van der Waals surface area contributed by atoms with E-state index in [1.807, 2.05) is 0 Å². The zero-order valence-electron chi connectivity index (χ0n) is 14.5. The normalized spacial score (nSPS) is 13.7. The molecule has 0 bridgehead atoms. The highest BCUT2D eigenvalue weighted by Crippen LogP contribution is 2.20. The topological polar surface area (TPSA) is 113 Å². The molecule has 8 nitrogen and oxygen atoms in total. The lowest BCUT2D eigenvalue weighted by Gasteiger charge is -2.13. The number of nitro groups is 1. The van der Waals surface area contributed by atoms with E-state index in [1.54, 1.807) is 12.1 Å². The maximum atomic E-state index is 11.4. The number of imide groups is 1. The number of hydrogen-bond acceptors (Lipinski definition) is 6. The van der Waals surface area contributed by atoms with Crippen molar-refractivity contribution in [2.75, 3.05) is 13.1 Å². The first-order chi connectivity index (χ1) is 12.5. The van der Waals surface area contributed by atoms with Crippen LogP contribution in [0.25, 0.3) is 0 Å². The van der Waals surface area contributed by atoms with Gasteiger partial charge < -0.3 is 10.4 Å². The third-order valence-electron chi connectivity index (χ3n) is 4.23. The van der Waals surface area contributed by atoms with Crippen molar-refractivity contribution in [1.29, 1.82) is 0 Å². The molecule has 2 amide bonds. The van der Waals surface area contributed by atoms with Crippen LogP contribution >= 0.6 is 0 Å². The van der Waals surface area contributed by atoms with Crippen molar-refractivity contribution in [1.82, 2.24) is 10.2 Å². The average Bonchev–Trinajstić information content (AvgIpc) is 2.95. The summed E-state index contributed by atoms with van der Waals surface area (Å²) >= 11 is 0. The number of aliphatic hydroxyl groups excluding tert-OH is 1. The predicted octanol–water partition coefficient (Wildman–Crippen LogP) is 1.66. The molecule has 26 heavy (non-hydrogen) atoms. The second kappa shape index (κ2) is 9.79. The summed E-state index contributed by atoms with van der Waals surface area (Å²) in [5.41, 5.74) is 1.05. The van der Waals surface area contributed by atoms with E-state index < -0.39 is 4.92 Å². The number of nitro benzene ring substituents is 1. The molecule has 2 N–H and O–H groups in total. The van der Waals surface area contributed by atoms with Crippen LogP contribution in [-0.2, 0) is 22.7 Å². The van der Waals surface area contributed by atoms with Crippen LogP contribution in [0, 0.1) is 10.1 Å². The van der Waals surface area contributed by atoms with E-state index in [4.69, 9.17) is 5.11 Å². The van der Waals surface area contributed by atoms with E-state index in [0.29, 0.717) is 18.7 Å². The van der Waals surface area contributed by atoms with Crippen LogP contribution < -0.4 is 5.32 Å². The van der Waals surface area contributed by atoms with Gasteiger partial charge in [0.05, 0.1) is 17.1 Å². The zero-order valence-corrected chi connectivity index (χ0v) is 14.5. The van der Waals surface area contributed by atoms with E-state index in [1.165, 1.54) is 23.1 Å². The standard InChI is InChI=1S/C18H23N3O5/c22-13-15-6-5-14(11-16(15)21(25)26)12-19-9-3-1-2-4-10-20-17(23)7-8-18(20)24/h5-8,11,19,22H,1-4,9-10,12-13H2. The molecule has 0 fully saturated rings. The minimum Gasteiger partial charge on any atom is -0.391 e. The van der Waals surface area contributed by atoms with E-state index in [2.05, 4.69) is 5.32 Å². The Hall–Kier alpha value is -2.58. The van der Waals surface area contributed by atoms with Crippen molar-refractivity contribution in [3.63, 3.8) is 0 Å². The van der Waals surface area contributed by atoms with Crippen molar-refractivity contribution in [2.45, 2.75) is 38.8 Å². The molecule has 0 radical (unpaired) electrons. The van der Waals surface area contributed by atoms with Crippen LogP contribution in [-0.4, -0.2) is 39.8 Å². The Bertz CT molecular complexity index is 684. The van der Waals surface area contributed by atoms with Crippen LogP contribution in [0.2, 0.25) is 0 Å². The van der Waals surface area contributed by atoms with E-state index in [0.717, 1.165) is 37.8 Å². The molecule has 1 aromatic rings. The van der Waals surface area contributed by atoms with Gasteiger partial charge >= 0.3 is 0 Å². The summed E-state index contributed by atoms with van der Waals surface area (Å²) in [5, 5.41) is 23.3. The van der Waals surface area contributed by atoms with Gasteiger partial charge in [-0.05, 0) is 31.0 Å². The number of benzene rings is 1.